The molecule has 29 heavy (non-hydrogen) atoms. The van der Waals surface area contributed by atoms with E-state index in [9.17, 15) is 9.59 Å². The highest BCUT2D eigenvalue weighted by Gasteiger charge is 2.28. The molecule has 1 aliphatic rings. The van der Waals surface area contributed by atoms with E-state index in [1.54, 1.807) is 6.07 Å². The number of hydrogen-bond donors (Lipinski definition) is 0. The van der Waals surface area contributed by atoms with Crippen LogP contribution in [0, 0.1) is 13.8 Å². The minimum absolute atomic E-state index is 0.202. The first-order valence-corrected chi connectivity index (χ1v) is 9.75. The minimum atomic E-state index is -0.603. The monoisotopic (exact) mass is 397 g/mol. The van der Waals surface area contributed by atoms with Gasteiger partial charge in [-0.2, -0.15) is 0 Å². The largest absolute Gasteiger partial charge is 0.493 e. The Kier molecular flexibility index (Phi) is 6.42. The molecule has 0 radical (unpaired) electrons. The van der Waals surface area contributed by atoms with Crippen LogP contribution in [0.3, 0.4) is 0 Å². The summed E-state index contributed by atoms with van der Waals surface area (Å²) in [7, 11) is 1.54. The molecule has 154 valence electrons. The summed E-state index contributed by atoms with van der Waals surface area (Å²) in [5.41, 5.74) is 3.59. The summed E-state index contributed by atoms with van der Waals surface area (Å²) in [6, 6.07) is 7.79. The molecular formula is C23H27NO5. The Balaban J connectivity index is 1.54. The molecule has 1 saturated carbocycles. The van der Waals surface area contributed by atoms with Gasteiger partial charge in [0.2, 0.25) is 5.78 Å². The van der Waals surface area contributed by atoms with E-state index in [1.165, 1.54) is 7.11 Å². The van der Waals surface area contributed by atoms with Gasteiger partial charge >= 0.3 is 5.97 Å². The average Bonchev–Trinajstić information content (AvgIpc) is 3.49. The zero-order chi connectivity index (χ0) is 21.0. The van der Waals surface area contributed by atoms with Crippen molar-refractivity contribution in [1.29, 1.82) is 0 Å². The van der Waals surface area contributed by atoms with Crippen molar-refractivity contribution in [2.24, 2.45) is 0 Å². The van der Waals surface area contributed by atoms with Crippen molar-refractivity contribution in [3.05, 3.63) is 52.9 Å². The van der Waals surface area contributed by atoms with Gasteiger partial charge in [-0.25, -0.2) is 4.79 Å². The number of benzene rings is 1. The van der Waals surface area contributed by atoms with E-state index in [-0.39, 0.29) is 19.0 Å². The number of methoxy groups -OCH3 is 1. The molecule has 0 N–H and O–H groups in total. The number of nitrogens with zero attached hydrogens (tertiary/aromatic N) is 1. The molecule has 0 atom stereocenters. The lowest BCUT2D eigenvalue weighted by Gasteiger charge is -2.11. The predicted molar refractivity (Wildman–Crippen MR) is 111 cm³/mol. The Morgan fingerprint density at radius 3 is 2.55 bits per heavy atom. The molecule has 2 aromatic rings. The molecular weight excluding hydrogens is 370 g/mol. The summed E-state index contributed by atoms with van der Waals surface area (Å²) >= 11 is 0. The first-order chi connectivity index (χ1) is 13.9. The third-order valence-electron chi connectivity index (χ3n) is 4.95. The van der Waals surface area contributed by atoms with Crippen LogP contribution in [0.5, 0.6) is 11.5 Å². The van der Waals surface area contributed by atoms with Crippen LogP contribution in [0.4, 0.5) is 0 Å². The van der Waals surface area contributed by atoms with Crippen LogP contribution < -0.4 is 9.47 Å². The van der Waals surface area contributed by atoms with Crippen molar-refractivity contribution in [1.82, 2.24) is 4.57 Å². The van der Waals surface area contributed by atoms with Crippen molar-refractivity contribution >= 4 is 17.8 Å². The molecule has 6 heteroatoms. The van der Waals surface area contributed by atoms with Gasteiger partial charge in [-0.05, 0) is 57.4 Å². The topological polar surface area (TPSA) is 66.8 Å². The maximum Gasteiger partial charge on any atom is 0.344 e. The van der Waals surface area contributed by atoms with Crippen molar-refractivity contribution < 1.29 is 23.8 Å². The van der Waals surface area contributed by atoms with E-state index in [4.69, 9.17) is 14.2 Å². The van der Waals surface area contributed by atoms with Gasteiger partial charge in [-0.3, -0.25) is 4.79 Å². The number of ether oxygens (including phenoxy) is 3. The zero-order valence-corrected chi connectivity index (χ0v) is 17.4. The third-order valence-corrected chi connectivity index (χ3v) is 4.95. The van der Waals surface area contributed by atoms with Crippen LogP contribution in [0.25, 0.3) is 6.08 Å². The first-order valence-electron chi connectivity index (χ1n) is 9.75. The lowest BCUT2D eigenvalue weighted by molar-refractivity contribution is -0.144. The van der Waals surface area contributed by atoms with Crippen LogP contribution in [0.1, 0.15) is 53.1 Å². The predicted octanol–water partition coefficient (Wildman–Crippen LogP) is 4.29. The molecule has 0 aliphatic heterocycles. The summed E-state index contributed by atoms with van der Waals surface area (Å²) in [5, 5.41) is 0. The van der Waals surface area contributed by atoms with E-state index in [0.29, 0.717) is 23.1 Å². The SMILES string of the molecule is C/C=C/c1ccc(OCC(=O)OCC(=O)c2cc(C)n(C3CC3)c2C)c(OC)c1. The van der Waals surface area contributed by atoms with E-state index in [2.05, 4.69) is 4.57 Å². The standard InChI is InChI=1S/C23H27NO5/c1-5-6-17-7-10-21(22(12-17)27-4)28-14-23(26)29-13-20(25)19-11-15(2)24(16(19)3)18-8-9-18/h5-7,10-12,18H,8-9,13-14H2,1-4H3/b6-5+. The van der Waals surface area contributed by atoms with Crippen LogP contribution in [-0.2, 0) is 9.53 Å². The van der Waals surface area contributed by atoms with E-state index in [0.717, 1.165) is 29.8 Å². The van der Waals surface area contributed by atoms with Crippen LogP contribution in [-0.4, -0.2) is 36.6 Å². The average molecular weight is 397 g/mol. The zero-order valence-electron chi connectivity index (χ0n) is 17.4. The molecule has 1 fully saturated rings. The number of rotatable bonds is 9. The van der Waals surface area contributed by atoms with Gasteiger partial charge in [0, 0.05) is 23.0 Å². The van der Waals surface area contributed by atoms with Gasteiger partial charge < -0.3 is 18.8 Å². The van der Waals surface area contributed by atoms with Gasteiger partial charge in [0.15, 0.2) is 24.7 Å². The molecule has 0 spiro atoms. The summed E-state index contributed by atoms with van der Waals surface area (Å²) in [6.07, 6.45) is 6.16. The molecule has 0 bridgehead atoms. The first kappa shape index (κ1) is 20.7. The molecule has 3 rings (SSSR count). The van der Waals surface area contributed by atoms with Crippen molar-refractivity contribution in [3.8, 4) is 11.5 Å². The Hall–Kier alpha value is -3.02. The van der Waals surface area contributed by atoms with Crippen molar-refractivity contribution in [2.75, 3.05) is 20.3 Å². The van der Waals surface area contributed by atoms with E-state index >= 15 is 0 Å². The number of allylic oxidation sites excluding steroid dienone is 1. The van der Waals surface area contributed by atoms with Gasteiger partial charge in [0.05, 0.1) is 7.11 Å². The highest BCUT2D eigenvalue weighted by molar-refractivity contribution is 5.99. The van der Waals surface area contributed by atoms with Crippen LogP contribution >= 0.6 is 0 Å². The number of ketones is 1. The quantitative estimate of drug-likeness (QED) is 0.467. The molecule has 1 aromatic heterocycles. The van der Waals surface area contributed by atoms with Gasteiger partial charge in [0.25, 0.3) is 0 Å². The Labute approximate surface area is 171 Å². The molecule has 0 saturated heterocycles. The number of Topliss-reactive ketones (excluding diaryl/α,β-unsaturated/α-hetero) is 1. The highest BCUT2D eigenvalue weighted by Crippen LogP contribution is 2.38. The molecule has 0 amide bonds. The van der Waals surface area contributed by atoms with Crippen LogP contribution in [0.15, 0.2) is 30.3 Å². The normalized spacial score (nSPS) is 13.5. The number of hydrogen-bond acceptors (Lipinski definition) is 5. The molecule has 1 aromatic carbocycles. The molecule has 0 unspecified atom stereocenters. The summed E-state index contributed by atoms with van der Waals surface area (Å²) in [6.45, 7) is 5.27. The smallest absolute Gasteiger partial charge is 0.344 e. The number of carbonyl (C=O) groups is 2. The number of esters is 1. The number of aromatic nitrogens is 1. The second-order valence-electron chi connectivity index (χ2n) is 7.17. The second kappa shape index (κ2) is 8.99. The minimum Gasteiger partial charge on any atom is -0.493 e. The molecule has 1 heterocycles. The fourth-order valence-corrected chi connectivity index (χ4v) is 3.46. The van der Waals surface area contributed by atoms with Crippen molar-refractivity contribution in [3.63, 3.8) is 0 Å². The van der Waals surface area contributed by atoms with E-state index < -0.39 is 5.97 Å². The van der Waals surface area contributed by atoms with Crippen LogP contribution in [0.2, 0.25) is 0 Å². The van der Waals surface area contributed by atoms with Gasteiger partial charge in [-0.1, -0.05) is 18.2 Å². The number of aryl methyl sites for hydroxylation is 1. The second-order valence-corrected chi connectivity index (χ2v) is 7.17. The fourth-order valence-electron chi connectivity index (χ4n) is 3.46. The molecule has 6 nitrogen and oxygen atoms in total. The summed E-state index contributed by atoms with van der Waals surface area (Å²) < 4.78 is 18.1. The Bertz CT molecular complexity index is 937. The Morgan fingerprint density at radius 2 is 1.90 bits per heavy atom. The molecule has 1 aliphatic carbocycles. The third kappa shape index (κ3) is 4.88. The summed E-state index contributed by atoms with van der Waals surface area (Å²) in [5.74, 6) is 0.162. The lowest BCUT2D eigenvalue weighted by atomic mass is 10.1. The fraction of sp³-hybridized carbons (Fsp3) is 0.391. The maximum atomic E-state index is 12.5. The summed E-state index contributed by atoms with van der Waals surface area (Å²) in [4.78, 5) is 24.5. The lowest BCUT2D eigenvalue weighted by Crippen LogP contribution is -2.20. The van der Waals surface area contributed by atoms with Crippen molar-refractivity contribution in [2.45, 2.75) is 39.7 Å². The Morgan fingerprint density at radius 1 is 1.14 bits per heavy atom. The van der Waals surface area contributed by atoms with E-state index in [1.807, 2.05) is 51.1 Å². The van der Waals surface area contributed by atoms with Gasteiger partial charge in [0.1, 0.15) is 0 Å². The maximum absolute atomic E-state index is 12.5. The highest BCUT2D eigenvalue weighted by atomic mass is 16.6. The number of carbonyl (C=O) groups excluding carboxylic acids is 2. The van der Waals surface area contributed by atoms with Gasteiger partial charge in [-0.15, -0.1) is 0 Å².